The average molecular weight is 236 g/mol. The standard InChI is InChI=1S/C15H24O2/c1-2-17-7-12-10-6-11(15(12)16)14-9-4-3-8(5-9)13(10)14/h8-16H,2-7H2,1H3. The van der Waals surface area contributed by atoms with Crippen LogP contribution in [0.15, 0.2) is 0 Å². The van der Waals surface area contributed by atoms with Crippen LogP contribution in [0.25, 0.3) is 0 Å². The van der Waals surface area contributed by atoms with Crippen LogP contribution >= 0.6 is 0 Å². The summed E-state index contributed by atoms with van der Waals surface area (Å²) in [6.45, 7) is 3.65. The Morgan fingerprint density at radius 1 is 1.06 bits per heavy atom. The minimum absolute atomic E-state index is 0.0489. The van der Waals surface area contributed by atoms with Gasteiger partial charge in [-0.3, -0.25) is 0 Å². The van der Waals surface area contributed by atoms with Gasteiger partial charge in [0, 0.05) is 12.5 Å². The fraction of sp³-hybridized carbons (Fsp3) is 1.00. The lowest BCUT2D eigenvalue weighted by atomic mass is 9.66. The molecule has 4 saturated carbocycles. The Balaban J connectivity index is 1.57. The lowest BCUT2D eigenvalue weighted by molar-refractivity contribution is -0.0490. The van der Waals surface area contributed by atoms with Crippen molar-refractivity contribution >= 4 is 0 Å². The summed E-state index contributed by atoms with van der Waals surface area (Å²) in [7, 11) is 0. The first-order chi connectivity index (χ1) is 8.31. The van der Waals surface area contributed by atoms with E-state index in [2.05, 4.69) is 6.92 Å². The Kier molecular flexibility index (Phi) is 2.36. The van der Waals surface area contributed by atoms with E-state index in [1.54, 1.807) is 0 Å². The van der Waals surface area contributed by atoms with E-state index in [0.717, 1.165) is 42.8 Å². The van der Waals surface area contributed by atoms with Crippen molar-refractivity contribution in [2.45, 2.75) is 38.7 Å². The van der Waals surface area contributed by atoms with Crippen LogP contribution < -0.4 is 0 Å². The molecule has 0 heterocycles. The van der Waals surface area contributed by atoms with Crippen molar-refractivity contribution in [3.8, 4) is 0 Å². The number of fused-ring (bicyclic) bond motifs is 9. The van der Waals surface area contributed by atoms with Gasteiger partial charge in [-0.2, -0.15) is 0 Å². The van der Waals surface area contributed by atoms with Crippen LogP contribution in [0.4, 0.5) is 0 Å². The van der Waals surface area contributed by atoms with Gasteiger partial charge in [-0.15, -0.1) is 0 Å². The van der Waals surface area contributed by atoms with Crippen LogP contribution in [0.2, 0.25) is 0 Å². The Morgan fingerprint density at radius 2 is 1.76 bits per heavy atom. The van der Waals surface area contributed by atoms with Crippen LogP contribution in [-0.2, 0) is 4.74 Å². The van der Waals surface area contributed by atoms with Crippen molar-refractivity contribution in [2.75, 3.05) is 13.2 Å². The van der Waals surface area contributed by atoms with Gasteiger partial charge in [0.1, 0.15) is 0 Å². The van der Waals surface area contributed by atoms with Crippen LogP contribution in [0.1, 0.15) is 32.6 Å². The molecule has 4 aliphatic rings. The highest BCUT2D eigenvalue weighted by molar-refractivity contribution is 5.13. The summed E-state index contributed by atoms with van der Waals surface area (Å²) in [6, 6.07) is 0. The van der Waals surface area contributed by atoms with Gasteiger partial charge in [-0.05, 0) is 68.1 Å². The topological polar surface area (TPSA) is 29.5 Å². The first-order valence-corrected chi connectivity index (χ1v) is 7.57. The van der Waals surface area contributed by atoms with Gasteiger partial charge >= 0.3 is 0 Å². The van der Waals surface area contributed by atoms with E-state index in [1.165, 1.54) is 25.7 Å². The van der Waals surface area contributed by atoms with Crippen LogP contribution in [0.5, 0.6) is 0 Å². The molecule has 2 nitrogen and oxygen atoms in total. The Morgan fingerprint density at radius 3 is 2.47 bits per heavy atom. The summed E-state index contributed by atoms with van der Waals surface area (Å²) in [5, 5.41) is 10.5. The van der Waals surface area contributed by atoms with Gasteiger partial charge in [0.15, 0.2) is 0 Å². The first kappa shape index (κ1) is 10.8. The Bertz CT molecular complexity index is 316. The molecule has 4 rings (SSSR count). The summed E-state index contributed by atoms with van der Waals surface area (Å²) in [6.07, 6.45) is 5.68. The molecule has 0 amide bonds. The molecular weight excluding hydrogens is 212 g/mol. The average Bonchev–Trinajstić information content (AvgIpc) is 3.04. The van der Waals surface area contributed by atoms with E-state index >= 15 is 0 Å². The highest BCUT2D eigenvalue weighted by atomic mass is 16.5. The number of aliphatic hydroxyl groups is 1. The van der Waals surface area contributed by atoms with Crippen LogP contribution in [0.3, 0.4) is 0 Å². The van der Waals surface area contributed by atoms with Gasteiger partial charge in [0.25, 0.3) is 0 Å². The van der Waals surface area contributed by atoms with E-state index < -0.39 is 0 Å². The zero-order valence-corrected chi connectivity index (χ0v) is 10.7. The second-order valence-electron chi connectivity index (χ2n) is 6.87. The van der Waals surface area contributed by atoms with E-state index in [-0.39, 0.29) is 6.10 Å². The normalized spacial score (nSPS) is 58.9. The number of ether oxygens (including phenoxy) is 1. The number of hydrogen-bond donors (Lipinski definition) is 1. The lowest BCUT2D eigenvalue weighted by Gasteiger charge is -2.41. The molecule has 96 valence electrons. The molecule has 0 aromatic heterocycles. The monoisotopic (exact) mass is 236 g/mol. The van der Waals surface area contributed by atoms with E-state index in [9.17, 15) is 5.11 Å². The minimum Gasteiger partial charge on any atom is -0.392 e. The molecule has 8 atom stereocenters. The predicted octanol–water partition coefficient (Wildman–Crippen LogP) is 2.31. The maximum absolute atomic E-state index is 10.5. The quantitative estimate of drug-likeness (QED) is 0.762. The number of hydrogen-bond acceptors (Lipinski definition) is 2. The minimum atomic E-state index is -0.0489. The molecule has 4 aliphatic carbocycles. The van der Waals surface area contributed by atoms with E-state index in [4.69, 9.17) is 4.74 Å². The molecule has 0 saturated heterocycles. The van der Waals surface area contributed by atoms with Gasteiger partial charge in [-0.25, -0.2) is 0 Å². The van der Waals surface area contributed by atoms with Gasteiger partial charge < -0.3 is 9.84 Å². The summed E-state index contributed by atoms with van der Waals surface area (Å²) < 4.78 is 5.61. The number of aliphatic hydroxyl groups excluding tert-OH is 1. The molecule has 0 aromatic rings. The Labute approximate surface area is 104 Å². The van der Waals surface area contributed by atoms with Gasteiger partial charge in [-0.1, -0.05) is 0 Å². The zero-order chi connectivity index (χ0) is 11.6. The van der Waals surface area contributed by atoms with Crippen molar-refractivity contribution < 1.29 is 9.84 Å². The molecule has 4 fully saturated rings. The molecule has 1 N–H and O–H groups in total. The van der Waals surface area contributed by atoms with Crippen molar-refractivity contribution in [1.29, 1.82) is 0 Å². The molecule has 8 unspecified atom stereocenters. The second-order valence-corrected chi connectivity index (χ2v) is 6.87. The third-order valence-electron chi connectivity index (χ3n) is 6.52. The molecule has 17 heavy (non-hydrogen) atoms. The first-order valence-electron chi connectivity index (χ1n) is 7.57. The summed E-state index contributed by atoms with van der Waals surface area (Å²) in [5.74, 6) is 5.73. The van der Waals surface area contributed by atoms with E-state index in [1.807, 2.05) is 0 Å². The third kappa shape index (κ3) is 1.29. The molecule has 0 aliphatic heterocycles. The van der Waals surface area contributed by atoms with Crippen LogP contribution in [0, 0.1) is 41.4 Å². The summed E-state index contributed by atoms with van der Waals surface area (Å²) in [5.41, 5.74) is 0. The van der Waals surface area contributed by atoms with Crippen molar-refractivity contribution in [2.24, 2.45) is 41.4 Å². The smallest absolute Gasteiger partial charge is 0.0624 e. The van der Waals surface area contributed by atoms with E-state index in [0.29, 0.717) is 11.8 Å². The number of rotatable bonds is 3. The molecular formula is C15H24O2. The zero-order valence-electron chi connectivity index (χ0n) is 10.7. The lowest BCUT2D eigenvalue weighted by Crippen LogP contribution is -2.42. The summed E-state index contributed by atoms with van der Waals surface area (Å²) in [4.78, 5) is 0. The largest absolute Gasteiger partial charge is 0.392 e. The fourth-order valence-electron chi connectivity index (χ4n) is 6.15. The summed E-state index contributed by atoms with van der Waals surface area (Å²) >= 11 is 0. The van der Waals surface area contributed by atoms with Gasteiger partial charge in [0.2, 0.25) is 0 Å². The molecule has 4 bridgehead atoms. The molecule has 0 aromatic carbocycles. The highest BCUT2D eigenvalue weighted by Gasteiger charge is 2.65. The molecule has 0 spiro atoms. The Hall–Kier alpha value is -0.0800. The van der Waals surface area contributed by atoms with Gasteiger partial charge in [0.05, 0.1) is 12.7 Å². The van der Waals surface area contributed by atoms with Crippen LogP contribution in [-0.4, -0.2) is 24.4 Å². The predicted molar refractivity (Wildman–Crippen MR) is 65.4 cm³/mol. The second kappa shape index (κ2) is 3.71. The molecule has 2 heteroatoms. The van der Waals surface area contributed by atoms with Crippen molar-refractivity contribution in [1.82, 2.24) is 0 Å². The third-order valence-corrected chi connectivity index (χ3v) is 6.52. The highest BCUT2D eigenvalue weighted by Crippen LogP contribution is 2.68. The fourth-order valence-corrected chi connectivity index (χ4v) is 6.15. The maximum atomic E-state index is 10.5. The van der Waals surface area contributed by atoms with Crippen molar-refractivity contribution in [3.63, 3.8) is 0 Å². The SMILES string of the molecule is CCOCC1C(O)C2CC1C1C3CCC(C3)C21. The van der Waals surface area contributed by atoms with Crippen molar-refractivity contribution in [3.05, 3.63) is 0 Å². The maximum Gasteiger partial charge on any atom is 0.0624 e. The molecule has 0 radical (unpaired) electrons.